The number of hydrogen-bond donors (Lipinski definition) is 1. The van der Waals surface area contributed by atoms with Gasteiger partial charge in [-0.05, 0) is 31.5 Å². The van der Waals surface area contributed by atoms with Crippen molar-refractivity contribution in [3.8, 4) is 0 Å². The third-order valence-electron chi connectivity index (χ3n) is 4.50. The molecule has 0 saturated carbocycles. The zero-order valence-corrected chi connectivity index (χ0v) is 13.9. The van der Waals surface area contributed by atoms with Gasteiger partial charge in [-0.1, -0.05) is 6.07 Å². The van der Waals surface area contributed by atoms with E-state index in [9.17, 15) is 13.2 Å². The fraction of sp³-hybridized carbons (Fsp3) is 0.222. The molecule has 0 aliphatic heterocycles. The summed E-state index contributed by atoms with van der Waals surface area (Å²) in [7, 11) is 1.88. The maximum Gasteiger partial charge on any atom is 0.184 e. The van der Waals surface area contributed by atoms with Crippen LogP contribution in [0.2, 0.25) is 0 Å². The minimum absolute atomic E-state index is 0.213. The Balaban J connectivity index is 1.88. The molecule has 0 aliphatic carbocycles. The molecule has 0 spiro atoms. The smallest absolute Gasteiger partial charge is 0.184 e. The zero-order chi connectivity index (χ0) is 17.9. The first-order chi connectivity index (χ1) is 11.9. The SMILES string of the molecule is Cc1ccc2nc(C(C)c3nc4c(F)cc(F)c(F)c4[nH]3)n(C)c2c1. The number of halogens is 3. The molecular formula is C18H15F3N4. The van der Waals surface area contributed by atoms with E-state index >= 15 is 0 Å². The van der Waals surface area contributed by atoms with Gasteiger partial charge in [-0.2, -0.15) is 0 Å². The second-order valence-electron chi connectivity index (χ2n) is 6.24. The van der Waals surface area contributed by atoms with Crippen LogP contribution in [0.15, 0.2) is 24.3 Å². The fourth-order valence-electron chi connectivity index (χ4n) is 3.12. The van der Waals surface area contributed by atoms with E-state index in [-0.39, 0.29) is 17.0 Å². The lowest BCUT2D eigenvalue weighted by molar-refractivity contribution is 0.504. The third-order valence-corrected chi connectivity index (χ3v) is 4.50. The summed E-state index contributed by atoms with van der Waals surface area (Å²) in [5.41, 5.74) is 2.42. The van der Waals surface area contributed by atoms with Crippen LogP contribution < -0.4 is 0 Å². The average molecular weight is 344 g/mol. The largest absolute Gasteiger partial charge is 0.339 e. The van der Waals surface area contributed by atoms with E-state index in [0.717, 1.165) is 16.6 Å². The highest BCUT2D eigenvalue weighted by Gasteiger charge is 2.23. The number of aromatic nitrogens is 4. The van der Waals surface area contributed by atoms with Gasteiger partial charge in [0.25, 0.3) is 0 Å². The van der Waals surface area contributed by atoms with E-state index in [4.69, 9.17) is 0 Å². The first-order valence-corrected chi connectivity index (χ1v) is 7.83. The van der Waals surface area contributed by atoms with Crippen LogP contribution in [0.1, 0.15) is 30.1 Å². The Morgan fingerprint density at radius 2 is 1.84 bits per heavy atom. The number of H-pyrrole nitrogens is 1. The standard InChI is InChI=1S/C18H15F3N4/c1-8-4-5-12-13(6-8)25(3)18(22-12)9(2)17-23-15-11(20)7-10(19)14(21)16(15)24-17/h4-7,9H,1-3H3,(H,23,24). The molecule has 4 rings (SSSR count). The molecule has 0 fully saturated rings. The first kappa shape index (κ1) is 15.7. The molecule has 128 valence electrons. The van der Waals surface area contributed by atoms with Gasteiger partial charge in [0.05, 0.1) is 17.0 Å². The number of aromatic amines is 1. The molecule has 0 bridgehead atoms. The van der Waals surface area contributed by atoms with Crippen LogP contribution in [0.5, 0.6) is 0 Å². The van der Waals surface area contributed by atoms with E-state index in [1.165, 1.54) is 0 Å². The Hall–Kier alpha value is -2.83. The van der Waals surface area contributed by atoms with Gasteiger partial charge < -0.3 is 9.55 Å². The second kappa shape index (κ2) is 5.34. The highest BCUT2D eigenvalue weighted by atomic mass is 19.2. The number of fused-ring (bicyclic) bond motifs is 2. The Labute approximate surface area is 141 Å². The van der Waals surface area contributed by atoms with E-state index in [2.05, 4.69) is 15.0 Å². The molecule has 0 aliphatic rings. The molecule has 4 nitrogen and oxygen atoms in total. The van der Waals surface area contributed by atoms with E-state index < -0.39 is 17.5 Å². The maximum atomic E-state index is 13.9. The van der Waals surface area contributed by atoms with E-state index in [1.807, 2.05) is 43.7 Å². The summed E-state index contributed by atoms with van der Waals surface area (Å²) in [5.74, 6) is -2.61. The van der Waals surface area contributed by atoms with E-state index in [1.54, 1.807) is 0 Å². The van der Waals surface area contributed by atoms with Gasteiger partial charge in [-0.25, -0.2) is 23.1 Å². The second-order valence-corrected chi connectivity index (χ2v) is 6.24. The predicted molar refractivity (Wildman–Crippen MR) is 88.9 cm³/mol. The first-order valence-electron chi connectivity index (χ1n) is 7.83. The molecule has 4 aromatic rings. The average Bonchev–Trinajstić information content (AvgIpc) is 3.15. The van der Waals surface area contributed by atoms with Crippen LogP contribution in [0.25, 0.3) is 22.1 Å². The number of nitrogens with zero attached hydrogens (tertiary/aromatic N) is 3. The third kappa shape index (κ3) is 2.30. The van der Waals surface area contributed by atoms with Gasteiger partial charge >= 0.3 is 0 Å². The summed E-state index contributed by atoms with van der Waals surface area (Å²) in [4.78, 5) is 11.4. The summed E-state index contributed by atoms with van der Waals surface area (Å²) in [6.07, 6.45) is 0. The van der Waals surface area contributed by atoms with Crippen molar-refractivity contribution in [2.45, 2.75) is 19.8 Å². The zero-order valence-electron chi connectivity index (χ0n) is 13.9. The normalized spacial score (nSPS) is 13.0. The van der Waals surface area contributed by atoms with Crippen LogP contribution in [0, 0.1) is 24.4 Å². The molecule has 1 atom stereocenters. The molecule has 0 radical (unpaired) electrons. The molecule has 25 heavy (non-hydrogen) atoms. The lowest BCUT2D eigenvalue weighted by Gasteiger charge is -2.08. The quantitative estimate of drug-likeness (QED) is 0.550. The van der Waals surface area contributed by atoms with Gasteiger partial charge in [-0.3, -0.25) is 0 Å². The van der Waals surface area contributed by atoms with Crippen molar-refractivity contribution in [1.82, 2.24) is 19.5 Å². The molecule has 1 N–H and O–H groups in total. The molecule has 2 heterocycles. The van der Waals surface area contributed by atoms with Crippen molar-refractivity contribution < 1.29 is 13.2 Å². The van der Waals surface area contributed by atoms with Crippen molar-refractivity contribution in [3.63, 3.8) is 0 Å². The summed E-state index contributed by atoms with van der Waals surface area (Å²) in [5, 5.41) is 0. The number of rotatable bonds is 2. The van der Waals surface area contributed by atoms with Crippen LogP contribution in [-0.4, -0.2) is 19.5 Å². The van der Waals surface area contributed by atoms with Crippen LogP contribution in [-0.2, 0) is 7.05 Å². The number of imidazole rings is 2. The van der Waals surface area contributed by atoms with Gasteiger partial charge in [0.15, 0.2) is 17.5 Å². The Morgan fingerprint density at radius 1 is 1.08 bits per heavy atom. The number of hydrogen-bond acceptors (Lipinski definition) is 2. The van der Waals surface area contributed by atoms with Crippen molar-refractivity contribution in [1.29, 1.82) is 0 Å². The Bertz CT molecular complexity index is 1130. The molecule has 7 heteroatoms. The summed E-state index contributed by atoms with van der Waals surface area (Å²) in [6, 6.07) is 6.42. The molecule has 0 amide bonds. The van der Waals surface area contributed by atoms with Crippen molar-refractivity contribution in [2.24, 2.45) is 7.05 Å². The monoisotopic (exact) mass is 344 g/mol. The summed E-state index contributed by atoms with van der Waals surface area (Å²) in [6.45, 7) is 3.83. The molecular weight excluding hydrogens is 329 g/mol. The van der Waals surface area contributed by atoms with Crippen LogP contribution >= 0.6 is 0 Å². The van der Waals surface area contributed by atoms with E-state index in [0.29, 0.717) is 17.7 Å². The summed E-state index contributed by atoms with van der Waals surface area (Å²) >= 11 is 0. The minimum atomic E-state index is -1.24. The topological polar surface area (TPSA) is 46.5 Å². The van der Waals surface area contributed by atoms with Crippen molar-refractivity contribution in [2.75, 3.05) is 0 Å². The number of benzene rings is 2. The van der Waals surface area contributed by atoms with Crippen LogP contribution in [0.4, 0.5) is 13.2 Å². The Kier molecular flexibility index (Phi) is 3.35. The number of aryl methyl sites for hydroxylation is 2. The minimum Gasteiger partial charge on any atom is -0.339 e. The van der Waals surface area contributed by atoms with Crippen molar-refractivity contribution in [3.05, 3.63) is 58.9 Å². The summed E-state index contributed by atoms with van der Waals surface area (Å²) < 4.78 is 43.1. The van der Waals surface area contributed by atoms with Gasteiger partial charge in [0.2, 0.25) is 0 Å². The van der Waals surface area contributed by atoms with Gasteiger partial charge in [-0.15, -0.1) is 0 Å². The fourth-order valence-corrected chi connectivity index (χ4v) is 3.12. The molecule has 0 saturated heterocycles. The Morgan fingerprint density at radius 3 is 2.60 bits per heavy atom. The lowest BCUT2D eigenvalue weighted by Crippen LogP contribution is -2.06. The van der Waals surface area contributed by atoms with Crippen LogP contribution in [0.3, 0.4) is 0 Å². The highest BCUT2D eigenvalue weighted by molar-refractivity contribution is 5.78. The molecule has 1 unspecified atom stereocenters. The lowest BCUT2D eigenvalue weighted by atomic mass is 10.1. The van der Waals surface area contributed by atoms with Crippen molar-refractivity contribution >= 4 is 22.1 Å². The van der Waals surface area contributed by atoms with Gasteiger partial charge in [0.1, 0.15) is 22.7 Å². The van der Waals surface area contributed by atoms with Gasteiger partial charge in [0, 0.05) is 13.1 Å². The predicted octanol–water partition coefficient (Wildman–Crippen LogP) is 4.33. The number of nitrogens with one attached hydrogen (secondary N) is 1. The maximum absolute atomic E-state index is 13.9. The molecule has 2 aromatic carbocycles. The molecule has 2 aromatic heterocycles. The highest BCUT2D eigenvalue weighted by Crippen LogP contribution is 2.29.